The van der Waals surface area contributed by atoms with Gasteiger partial charge in [-0.2, -0.15) is 0 Å². The van der Waals surface area contributed by atoms with E-state index in [-0.39, 0.29) is 5.82 Å². The van der Waals surface area contributed by atoms with E-state index < -0.39 is 0 Å². The lowest BCUT2D eigenvalue weighted by Gasteiger charge is -2.17. The molecule has 124 valence electrons. The summed E-state index contributed by atoms with van der Waals surface area (Å²) in [5.74, 6) is 0.511. The molecular formula is C16H27FN4O. The second kappa shape index (κ2) is 11.0. The molecule has 0 amide bonds. The number of hydrogen-bond donors (Lipinski definition) is 2. The van der Waals surface area contributed by atoms with E-state index in [1.807, 2.05) is 13.0 Å². The quantitative estimate of drug-likeness (QED) is 0.535. The van der Waals surface area contributed by atoms with Crippen LogP contribution in [0.4, 0.5) is 4.39 Å². The Bertz CT molecular complexity index is 454. The fraction of sp³-hybridized carbons (Fsp3) is 0.562. The average Bonchev–Trinajstić information content (AvgIpc) is 2.50. The number of hydrogen-bond acceptors (Lipinski definition) is 3. The molecule has 0 aliphatic heterocycles. The molecule has 0 saturated carbocycles. The van der Waals surface area contributed by atoms with Gasteiger partial charge in [0.1, 0.15) is 5.82 Å². The second-order valence-electron chi connectivity index (χ2n) is 5.05. The van der Waals surface area contributed by atoms with Crippen LogP contribution in [0, 0.1) is 5.82 Å². The second-order valence-corrected chi connectivity index (χ2v) is 5.05. The largest absolute Gasteiger partial charge is 0.383 e. The number of ether oxygens (including phenoxy) is 1. The van der Waals surface area contributed by atoms with Crippen LogP contribution in [-0.2, 0) is 11.3 Å². The Morgan fingerprint density at radius 3 is 2.82 bits per heavy atom. The van der Waals surface area contributed by atoms with Crippen LogP contribution in [0.3, 0.4) is 0 Å². The van der Waals surface area contributed by atoms with Crippen LogP contribution in [0.1, 0.15) is 12.5 Å². The molecule has 0 saturated heterocycles. The van der Waals surface area contributed by atoms with Gasteiger partial charge in [0.2, 0.25) is 0 Å². The van der Waals surface area contributed by atoms with E-state index in [0.29, 0.717) is 6.54 Å². The third kappa shape index (κ3) is 7.95. The Morgan fingerprint density at radius 2 is 2.14 bits per heavy atom. The Labute approximate surface area is 132 Å². The fourth-order valence-electron chi connectivity index (χ4n) is 1.87. The molecule has 0 fully saturated rings. The van der Waals surface area contributed by atoms with E-state index in [2.05, 4.69) is 27.6 Å². The lowest BCUT2D eigenvalue weighted by Crippen LogP contribution is -2.41. The van der Waals surface area contributed by atoms with Crippen molar-refractivity contribution < 1.29 is 9.13 Å². The number of halogens is 1. The molecule has 0 aliphatic rings. The summed E-state index contributed by atoms with van der Waals surface area (Å²) in [7, 11) is 3.76. The van der Waals surface area contributed by atoms with Gasteiger partial charge in [0.15, 0.2) is 5.96 Å². The van der Waals surface area contributed by atoms with Gasteiger partial charge in [-0.25, -0.2) is 9.38 Å². The lowest BCUT2D eigenvalue weighted by molar-refractivity contribution is 0.162. The summed E-state index contributed by atoms with van der Waals surface area (Å²) in [5, 5.41) is 6.46. The third-order valence-electron chi connectivity index (χ3n) is 3.12. The molecule has 0 heterocycles. The fourth-order valence-corrected chi connectivity index (χ4v) is 1.87. The summed E-state index contributed by atoms with van der Waals surface area (Å²) in [4.78, 5) is 6.66. The van der Waals surface area contributed by atoms with Crippen LogP contribution in [-0.4, -0.2) is 57.8 Å². The minimum Gasteiger partial charge on any atom is -0.383 e. The number of guanidine groups is 1. The van der Waals surface area contributed by atoms with Gasteiger partial charge >= 0.3 is 0 Å². The van der Waals surface area contributed by atoms with Crippen LogP contribution in [0.2, 0.25) is 0 Å². The van der Waals surface area contributed by atoms with E-state index in [1.54, 1.807) is 13.2 Å². The van der Waals surface area contributed by atoms with E-state index >= 15 is 0 Å². The molecule has 1 rings (SSSR count). The molecule has 5 nitrogen and oxygen atoms in total. The summed E-state index contributed by atoms with van der Waals surface area (Å²) in [6, 6.07) is 6.51. The van der Waals surface area contributed by atoms with Crippen LogP contribution >= 0.6 is 0 Å². The highest BCUT2D eigenvalue weighted by Gasteiger charge is 2.01. The van der Waals surface area contributed by atoms with Crippen LogP contribution in [0.5, 0.6) is 0 Å². The topological polar surface area (TPSA) is 48.9 Å². The summed E-state index contributed by atoms with van der Waals surface area (Å²) in [6.45, 7) is 6.56. The summed E-state index contributed by atoms with van der Waals surface area (Å²) >= 11 is 0. The van der Waals surface area contributed by atoms with Gasteiger partial charge in [-0.15, -0.1) is 0 Å². The summed E-state index contributed by atoms with van der Waals surface area (Å²) in [5.41, 5.74) is 0.856. The Kier molecular flexibility index (Phi) is 9.18. The van der Waals surface area contributed by atoms with Crippen LogP contribution in [0.15, 0.2) is 29.3 Å². The van der Waals surface area contributed by atoms with Crippen molar-refractivity contribution >= 4 is 5.96 Å². The molecule has 22 heavy (non-hydrogen) atoms. The van der Waals surface area contributed by atoms with Gasteiger partial charge in [-0.3, -0.25) is 0 Å². The molecule has 0 atom stereocenters. The van der Waals surface area contributed by atoms with Crippen molar-refractivity contribution in [2.24, 2.45) is 4.99 Å². The summed E-state index contributed by atoms with van der Waals surface area (Å²) in [6.07, 6.45) is 0. The minimum absolute atomic E-state index is 0.231. The van der Waals surface area contributed by atoms with Crippen molar-refractivity contribution in [1.82, 2.24) is 15.5 Å². The summed E-state index contributed by atoms with van der Waals surface area (Å²) < 4.78 is 18.2. The zero-order valence-corrected chi connectivity index (χ0v) is 13.7. The van der Waals surface area contributed by atoms with Crippen molar-refractivity contribution in [1.29, 1.82) is 0 Å². The monoisotopic (exact) mass is 310 g/mol. The predicted octanol–water partition coefficient (Wildman–Crippen LogP) is 1.46. The van der Waals surface area contributed by atoms with Gasteiger partial charge < -0.3 is 20.3 Å². The first-order chi connectivity index (χ1) is 10.7. The maximum Gasteiger partial charge on any atom is 0.191 e. The van der Waals surface area contributed by atoms with Gasteiger partial charge in [0, 0.05) is 33.3 Å². The molecule has 1 aromatic carbocycles. The van der Waals surface area contributed by atoms with E-state index in [0.717, 1.165) is 44.3 Å². The maximum absolute atomic E-state index is 13.1. The highest BCUT2D eigenvalue weighted by molar-refractivity contribution is 5.79. The molecule has 0 bridgehead atoms. The van der Waals surface area contributed by atoms with E-state index in [1.165, 1.54) is 12.1 Å². The molecule has 2 N–H and O–H groups in total. The van der Waals surface area contributed by atoms with Crippen molar-refractivity contribution in [2.45, 2.75) is 13.5 Å². The van der Waals surface area contributed by atoms with Gasteiger partial charge in [0.05, 0.1) is 13.2 Å². The third-order valence-corrected chi connectivity index (χ3v) is 3.12. The molecular weight excluding hydrogens is 283 g/mol. The molecule has 0 unspecified atom stereocenters. The van der Waals surface area contributed by atoms with Crippen molar-refractivity contribution in [2.75, 3.05) is 46.9 Å². The lowest BCUT2D eigenvalue weighted by atomic mass is 10.2. The molecule has 0 radical (unpaired) electrons. The first kappa shape index (κ1) is 18.4. The first-order valence-corrected chi connectivity index (χ1v) is 7.59. The number of methoxy groups -OCH3 is 1. The first-order valence-electron chi connectivity index (χ1n) is 7.59. The Balaban J connectivity index is 2.42. The highest BCUT2D eigenvalue weighted by atomic mass is 19.1. The smallest absolute Gasteiger partial charge is 0.191 e. The Morgan fingerprint density at radius 1 is 1.32 bits per heavy atom. The van der Waals surface area contributed by atoms with Gasteiger partial charge in [0.25, 0.3) is 0 Å². The number of aliphatic imine (C=N–C) groups is 1. The number of benzene rings is 1. The van der Waals surface area contributed by atoms with Crippen molar-refractivity contribution in [3.63, 3.8) is 0 Å². The number of likely N-dealkylation sites (N-methyl/N-ethyl adjacent to an activating group) is 1. The van der Waals surface area contributed by atoms with Crippen molar-refractivity contribution in [3.05, 3.63) is 35.6 Å². The molecule has 0 aromatic heterocycles. The maximum atomic E-state index is 13.1. The van der Waals surface area contributed by atoms with Gasteiger partial charge in [-0.05, 0) is 31.7 Å². The van der Waals surface area contributed by atoms with E-state index in [4.69, 9.17) is 4.74 Å². The van der Waals surface area contributed by atoms with Crippen LogP contribution < -0.4 is 10.6 Å². The van der Waals surface area contributed by atoms with E-state index in [9.17, 15) is 4.39 Å². The van der Waals surface area contributed by atoms with Crippen LogP contribution in [0.25, 0.3) is 0 Å². The zero-order chi connectivity index (χ0) is 16.2. The molecule has 1 aromatic rings. The molecule has 0 aliphatic carbocycles. The number of nitrogens with one attached hydrogen (secondary N) is 2. The minimum atomic E-state index is -0.231. The van der Waals surface area contributed by atoms with Crippen molar-refractivity contribution in [3.8, 4) is 0 Å². The standard InChI is InChI=1S/C16H27FN4O/c1-4-18-16(19-8-9-21(2)10-11-22-3)20-13-14-6-5-7-15(17)12-14/h5-7,12H,4,8-11,13H2,1-3H3,(H2,18,19,20). The average molecular weight is 310 g/mol. The normalized spacial score (nSPS) is 11.8. The molecule has 6 heteroatoms. The predicted molar refractivity (Wildman–Crippen MR) is 88.6 cm³/mol. The van der Waals surface area contributed by atoms with Gasteiger partial charge in [-0.1, -0.05) is 12.1 Å². The highest BCUT2D eigenvalue weighted by Crippen LogP contribution is 2.04. The number of rotatable bonds is 9. The Hall–Kier alpha value is -1.66. The SMILES string of the molecule is CCNC(=NCc1cccc(F)c1)NCCN(C)CCOC. The molecule has 0 spiro atoms. The zero-order valence-electron chi connectivity index (χ0n) is 13.7. The number of nitrogens with zero attached hydrogens (tertiary/aromatic N) is 2.